The van der Waals surface area contributed by atoms with Gasteiger partial charge in [0.2, 0.25) is 0 Å². The van der Waals surface area contributed by atoms with E-state index in [0.29, 0.717) is 5.75 Å². The molecular weight excluding hydrogens is 220 g/mol. The highest BCUT2D eigenvalue weighted by Crippen LogP contribution is 2.19. The standard InChI is InChI=1S/C12H20N2OS/c1-10-11(13)6-4-7-12(10)16(15)9-5-8-14(2)3/h4,6-7H,5,8-9,13H2,1-3H3. The van der Waals surface area contributed by atoms with E-state index in [2.05, 4.69) is 4.90 Å². The molecule has 0 saturated carbocycles. The van der Waals surface area contributed by atoms with Gasteiger partial charge in [-0.2, -0.15) is 0 Å². The highest BCUT2D eigenvalue weighted by molar-refractivity contribution is 7.85. The van der Waals surface area contributed by atoms with E-state index in [0.717, 1.165) is 29.1 Å². The molecule has 0 heterocycles. The largest absolute Gasteiger partial charge is 0.398 e. The lowest BCUT2D eigenvalue weighted by molar-refractivity contribution is 0.409. The summed E-state index contributed by atoms with van der Waals surface area (Å²) in [4.78, 5) is 2.97. The molecular formula is C12H20N2OS. The van der Waals surface area contributed by atoms with Crippen molar-refractivity contribution in [2.24, 2.45) is 0 Å². The Bertz CT molecular complexity index is 377. The zero-order chi connectivity index (χ0) is 12.1. The monoisotopic (exact) mass is 240 g/mol. The molecule has 1 aromatic rings. The van der Waals surface area contributed by atoms with Gasteiger partial charge in [0.15, 0.2) is 0 Å². The van der Waals surface area contributed by atoms with E-state index < -0.39 is 10.8 Å². The van der Waals surface area contributed by atoms with Crippen LogP contribution in [0.25, 0.3) is 0 Å². The van der Waals surface area contributed by atoms with Crippen LogP contribution in [0.15, 0.2) is 23.1 Å². The molecule has 0 saturated heterocycles. The smallest absolute Gasteiger partial charge is 0.0533 e. The van der Waals surface area contributed by atoms with Crippen LogP contribution in [0.1, 0.15) is 12.0 Å². The molecule has 16 heavy (non-hydrogen) atoms. The second-order valence-electron chi connectivity index (χ2n) is 4.18. The van der Waals surface area contributed by atoms with Gasteiger partial charge in [-0.3, -0.25) is 4.21 Å². The Hall–Kier alpha value is -0.870. The van der Waals surface area contributed by atoms with Gasteiger partial charge in [-0.25, -0.2) is 0 Å². The third kappa shape index (κ3) is 3.61. The normalized spacial score (nSPS) is 13.0. The number of hydrogen-bond donors (Lipinski definition) is 1. The number of benzene rings is 1. The van der Waals surface area contributed by atoms with Crippen LogP contribution in [0.4, 0.5) is 5.69 Å². The Balaban J connectivity index is 2.63. The van der Waals surface area contributed by atoms with Gasteiger partial charge in [0.25, 0.3) is 0 Å². The number of nitrogen functional groups attached to an aromatic ring is 1. The first-order valence-electron chi connectivity index (χ1n) is 5.40. The maximum absolute atomic E-state index is 12.0. The Morgan fingerprint density at radius 2 is 2.06 bits per heavy atom. The van der Waals surface area contributed by atoms with Crippen LogP contribution < -0.4 is 5.73 Å². The van der Waals surface area contributed by atoms with Gasteiger partial charge in [0, 0.05) is 16.3 Å². The molecule has 90 valence electrons. The van der Waals surface area contributed by atoms with Crippen LogP contribution in [0.5, 0.6) is 0 Å². The van der Waals surface area contributed by atoms with Crippen LogP contribution in [0, 0.1) is 6.92 Å². The van der Waals surface area contributed by atoms with E-state index in [9.17, 15) is 4.21 Å². The van der Waals surface area contributed by atoms with E-state index in [-0.39, 0.29) is 0 Å². The molecule has 1 atom stereocenters. The van der Waals surface area contributed by atoms with Crippen LogP contribution in [-0.2, 0) is 10.8 Å². The number of hydrogen-bond acceptors (Lipinski definition) is 3. The number of nitrogens with two attached hydrogens (primary N) is 1. The van der Waals surface area contributed by atoms with Crippen molar-refractivity contribution in [2.45, 2.75) is 18.2 Å². The highest BCUT2D eigenvalue weighted by Gasteiger charge is 2.08. The van der Waals surface area contributed by atoms with E-state index in [1.807, 2.05) is 39.2 Å². The zero-order valence-corrected chi connectivity index (χ0v) is 11.0. The predicted molar refractivity (Wildman–Crippen MR) is 70.0 cm³/mol. The van der Waals surface area contributed by atoms with Crippen molar-refractivity contribution in [3.8, 4) is 0 Å². The molecule has 0 aliphatic heterocycles. The minimum Gasteiger partial charge on any atom is -0.398 e. The molecule has 1 aromatic carbocycles. The minimum atomic E-state index is -0.928. The summed E-state index contributed by atoms with van der Waals surface area (Å²) in [5.74, 6) is 0.697. The van der Waals surface area contributed by atoms with Crippen LogP contribution in [0.3, 0.4) is 0 Å². The zero-order valence-electron chi connectivity index (χ0n) is 10.2. The van der Waals surface area contributed by atoms with Crippen molar-refractivity contribution in [1.29, 1.82) is 0 Å². The van der Waals surface area contributed by atoms with E-state index in [4.69, 9.17) is 5.73 Å². The van der Waals surface area contributed by atoms with E-state index in [1.54, 1.807) is 0 Å². The van der Waals surface area contributed by atoms with Crippen molar-refractivity contribution >= 4 is 16.5 Å². The second kappa shape index (κ2) is 6.01. The number of rotatable bonds is 5. The van der Waals surface area contributed by atoms with E-state index >= 15 is 0 Å². The SMILES string of the molecule is Cc1c(N)cccc1S(=O)CCCN(C)C. The second-order valence-corrected chi connectivity index (χ2v) is 5.72. The molecule has 0 bridgehead atoms. The average Bonchev–Trinajstić information content (AvgIpc) is 2.21. The molecule has 0 amide bonds. The van der Waals surface area contributed by atoms with Crippen molar-refractivity contribution in [2.75, 3.05) is 32.1 Å². The fourth-order valence-corrected chi connectivity index (χ4v) is 2.80. The number of nitrogens with zero attached hydrogens (tertiary/aromatic N) is 1. The molecule has 0 radical (unpaired) electrons. The van der Waals surface area contributed by atoms with Crippen LogP contribution in [-0.4, -0.2) is 35.5 Å². The van der Waals surface area contributed by atoms with Crippen molar-refractivity contribution in [1.82, 2.24) is 4.90 Å². The van der Waals surface area contributed by atoms with Gasteiger partial charge < -0.3 is 10.6 Å². The molecule has 3 nitrogen and oxygen atoms in total. The van der Waals surface area contributed by atoms with Crippen LogP contribution >= 0.6 is 0 Å². The fraction of sp³-hybridized carbons (Fsp3) is 0.500. The van der Waals surface area contributed by atoms with Gasteiger partial charge in [-0.15, -0.1) is 0 Å². The average molecular weight is 240 g/mol. The van der Waals surface area contributed by atoms with Crippen molar-refractivity contribution in [3.05, 3.63) is 23.8 Å². The van der Waals surface area contributed by atoms with Gasteiger partial charge in [-0.1, -0.05) is 6.07 Å². The molecule has 1 unspecified atom stereocenters. The van der Waals surface area contributed by atoms with E-state index in [1.165, 1.54) is 0 Å². The maximum atomic E-state index is 12.0. The third-order valence-electron chi connectivity index (χ3n) is 2.51. The quantitative estimate of drug-likeness (QED) is 0.796. The maximum Gasteiger partial charge on any atom is 0.0533 e. The molecule has 2 N–H and O–H groups in total. The first kappa shape index (κ1) is 13.2. The molecule has 1 rings (SSSR count). The molecule has 0 fully saturated rings. The molecule has 0 aliphatic carbocycles. The highest BCUT2D eigenvalue weighted by atomic mass is 32.2. The topological polar surface area (TPSA) is 46.3 Å². The summed E-state index contributed by atoms with van der Waals surface area (Å²) in [6.45, 7) is 2.89. The predicted octanol–water partition coefficient (Wildman–Crippen LogP) is 1.64. The lowest BCUT2D eigenvalue weighted by Gasteiger charge is -2.10. The summed E-state index contributed by atoms with van der Waals surface area (Å²) < 4.78 is 12.0. The molecule has 0 aromatic heterocycles. The Labute approximate surface area is 100 Å². The summed E-state index contributed by atoms with van der Waals surface area (Å²) >= 11 is 0. The number of anilines is 1. The minimum absolute atomic E-state index is 0.697. The molecule has 0 spiro atoms. The Kier molecular flexibility index (Phi) is 4.96. The lowest BCUT2D eigenvalue weighted by Crippen LogP contribution is -2.15. The van der Waals surface area contributed by atoms with Gasteiger partial charge >= 0.3 is 0 Å². The Morgan fingerprint density at radius 3 is 2.69 bits per heavy atom. The van der Waals surface area contributed by atoms with Crippen LogP contribution in [0.2, 0.25) is 0 Å². The van der Waals surface area contributed by atoms with Crippen molar-refractivity contribution in [3.63, 3.8) is 0 Å². The van der Waals surface area contributed by atoms with Crippen molar-refractivity contribution < 1.29 is 4.21 Å². The first-order chi connectivity index (χ1) is 7.52. The Morgan fingerprint density at radius 1 is 1.38 bits per heavy atom. The molecule has 0 aliphatic rings. The third-order valence-corrected chi connectivity index (χ3v) is 4.10. The summed E-state index contributed by atoms with van der Waals surface area (Å²) in [6, 6.07) is 5.61. The summed E-state index contributed by atoms with van der Waals surface area (Å²) in [6.07, 6.45) is 0.938. The summed E-state index contributed by atoms with van der Waals surface area (Å²) in [7, 11) is 3.12. The summed E-state index contributed by atoms with van der Waals surface area (Å²) in [5.41, 5.74) is 7.46. The molecule has 4 heteroatoms. The van der Waals surface area contributed by atoms with Gasteiger partial charge in [0.05, 0.1) is 10.8 Å². The van der Waals surface area contributed by atoms with Gasteiger partial charge in [-0.05, 0) is 51.7 Å². The fourth-order valence-electron chi connectivity index (χ4n) is 1.50. The first-order valence-corrected chi connectivity index (χ1v) is 6.72. The lowest BCUT2D eigenvalue weighted by atomic mass is 10.2. The summed E-state index contributed by atoms with van der Waals surface area (Å²) in [5, 5.41) is 0. The van der Waals surface area contributed by atoms with Gasteiger partial charge in [0.1, 0.15) is 0 Å².